The molecular formula is C46H52Cl2F3N4O10PS3. The zero-order valence-electron chi connectivity index (χ0n) is 37.0. The Kier molecular flexibility index (Phi) is 19.6. The monoisotopic (exact) mass is 1070 g/mol. The predicted octanol–water partition coefficient (Wildman–Crippen LogP) is 9.19. The van der Waals surface area contributed by atoms with Crippen LogP contribution in [0.3, 0.4) is 0 Å². The number of aliphatic hydroxyl groups excluding tert-OH is 1. The molecule has 1 aliphatic rings. The van der Waals surface area contributed by atoms with Crippen molar-refractivity contribution >= 4 is 80.7 Å². The third kappa shape index (κ3) is 15.2. The molecule has 1 fully saturated rings. The number of alkyl halides is 3. The summed E-state index contributed by atoms with van der Waals surface area (Å²) in [5, 5.41) is 15.0. The van der Waals surface area contributed by atoms with Crippen LogP contribution in [-0.2, 0) is 28.9 Å². The summed E-state index contributed by atoms with van der Waals surface area (Å²) in [6.45, 7) is 3.40. The van der Waals surface area contributed by atoms with Crippen molar-refractivity contribution in [3.05, 3.63) is 137 Å². The summed E-state index contributed by atoms with van der Waals surface area (Å²) in [6, 6.07) is 31.6. The average Bonchev–Trinajstić information content (AvgIpc) is 3.31. The molecule has 69 heavy (non-hydrogen) atoms. The van der Waals surface area contributed by atoms with E-state index in [1.807, 2.05) is 53.3 Å². The minimum Gasteiger partial charge on any atom is -0.388 e. The standard InChI is InChI=1S/C46H51ClF3N4O10PS3.ClH/c1-2-53(28-29-64-65(57,58)59)25-24-36(31-66-38-8-4-3-5-9-38)51-42-21-20-39(30-43(42)67(60,61)46(48,49)50)68(62,63)52-45(56)34-14-18-37(19-15-34)54-26-22-33(23-27-54)44(55)41-11-7-6-10-40(41)32-12-16-35(47)17-13-32;/h3-21,30,33,36,44,51,55H,2,22-29,31H2,1H3,(H,52,56)(H2,57,58,59);1H/t36-,44-;/m1./s1. The molecule has 374 valence electrons. The number of sulfone groups is 1. The van der Waals surface area contributed by atoms with E-state index in [4.69, 9.17) is 21.4 Å². The molecule has 0 aromatic heterocycles. The van der Waals surface area contributed by atoms with E-state index in [0.717, 1.165) is 39.4 Å². The average molecular weight is 1080 g/mol. The van der Waals surface area contributed by atoms with Crippen molar-refractivity contribution in [2.45, 2.75) is 58.5 Å². The number of halogens is 5. The molecule has 0 spiro atoms. The smallest absolute Gasteiger partial charge is 0.388 e. The van der Waals surface area contributed by atoms with Gasteiger partial charge in [0.25, 0.3) is 25.8 Å². The first-order chi connectivity index (χ1) is 32.1. The largest absolute Gasteiger partial charge is 0.501 e. The van der Waals surface area contributed by atoms with Gasteiger partial charge in [-0.25, -0.2) is 26.1 Å². The van der Waals surface area contributed by atoms with Gasteiger partial charge in [-0.3, -0.25) is 9.32 Å². The van der Waals surface area contributed by atoms with E-state index in [-0.39, 0.29) is 55.8 Å². The van der Waals surface area contributed by atoms with Gasteiger partial charge in [-0.1, -0.05) is 73.1 Å². The number of hydrogen-bond donors (Lipinski definition) is 5. The normalized spacial score (nSPS) is 14.8. The Labute approximate surface area is 415 Å². The van der Waals surface area contributed by atoms with Crippen LogP contribution < -0.4 is 14.9 Å². The number of carbonyl (C=O) groups excluding carboxylic acids is 1. The Hall–Kier alpha value is -4.18. The fourth-order valence-corrected chi connectivity index (χ4v) is 11.2. The van der Waals surface area contributed by atoms with Gasteiger partial charge in [-0.05, 0) is 115 Å². The number of benzene rings is 5. The summed E-state index contributed by atoms with van der Waals surface area (Å²) < 4.78 is 114. The molecule has 0 aliphatic carbocycles. The maximum Gasteiger partial charge on any atom is 0.501 e. The van der Waals surface area contributed by atoms with E-state index in [0.29, 0.717) is 43.6 Å². The highest BCUT2D eigenvalue weighted by Gasteiger charge is 2.48. The van der Waals surface area contributed by atoms with Crippen molar-refractivity contribution in [3.8, 4) is 11.1 Å². The van der Waals surface area contributed by atoms with Crippen LogP contribution in [0.5, 0.6) is 0 Å². The van der Waals surface area contributed by atoms with Crippen molar-refractivity contribution in [3.63, 3.8) is 0 Å². The summed E-state index contributed by atoms with van der Waals surface area (Å²) in [7, 11) is -15.8. The van der Waals surface area contributed by atoms with Gasteiger partial charge in [0.15, 0.2) is 0 Å². The Balaban J connectivity index is 0.00000888. The first kappa shape index (κ1) is 55.7. The Morgan fingerprint density at radius 3 is 2.17 bits per heavy atom. The lowest BCUT2D eigenvalue weighted by molar-refractivity contribution is -0.0436. The molecule has 5 aromatic rings. The lowest BCUT2D eigenvalue weighted by Crippen LogP contribution is -2.36. The number of piperidine rings is 1. The summed E-state index contributed by atoms with van der Waals surface area (Å²) in [5.41, 5.74) is -3.06. The fraction of sp³-hybridized carbons (Fsp3) is 0.326. The third-order valence-corrected chi connectivity index (χ3v) is 16.3. The lowest BCUT2D eigenvalue weighted by atomic mass is 9.84. The van der Waals surface area contributed by atoms with Gasteiger partial charge in [0.05, 0.1) is 23.3 Å². The number of carbonyl (C=O) groups is 1. The topological polar surface area (TPSA) is 203 Å². The predicted molar refractivity (Wildman–Crippen MR) is 264 cm³/mol. The van der Waals surface area contributed by atoms with E-state index in [1.165, 1.54) is 23.9 Å². The number of phosphoric ester groups is 1. The number of thioether (sulfide) groups is 1. The summed E-state index contributed by atoms with van der Waals surface area (Å²) in [4.78, 5) is 33.8. The number of sulfonamides is 1. The SMILES string of the molecule is CCN(CCOP(=O)(O)O)CC[C@H](CSc1ccccc1)Nc1ccc(S(=O)(=O)NC(=O)c2ccc(N3CCC([C@@H](O)c4ccccc4-c4ccc(Cl)cc4)CC3)cc2)cc1S(=O)(=O)C(F)(F)F.Cl. The lowest BCUT2D eigenvalue weighted by Gasteiger charge is -2.36. The van der Waals surface area contributed by atoms with Crippen LogP contribution in [0, 0.1) is 5.92 Å². The quantitative estimate of drug-likeness (QED) is 0.0344. The van der Waals surface area contributed by atoms with Crippen molar-refractivity contribution in [2.24, 2.45) is 5.92 Å². The van der Waals surface area contributed by atoms with Gasteiger partial charge >= 0.3 is 13.3 Å². The molecule has 6 rings (SSSR count). The van der Waals surface area contributed by atoms with Crippen molar-refractivity contribution in [2.75, 3.05) is 55.3 Å². The second-order valence-corrected chi connectivity index (χ2v) is 22.3. The van der Waals surface area contributed by atoms with Gasteiger partial charge in [0.2, 0.25) is 0 Å². The highest BCUT2D eigenvalue weighted by atomic mass is 35.5. The van der Waals surface area contributed by atoms with Crippen molar-refractivity contribution < 1.29 is 58.8 Å². The number of anilines is 2. The molecule has 14 nitrogen and oxygen atoms in total. The van der Waals surface area contributed by atoms with Crippen LogP contribution in [0.2, 0.25) is 5.02 Å². The molecular weight excluding hydrogens is 1020 g/mol. The zero-order chi connectivity index (χ0) is 49.3. The van der Waals surface area contributed by atoms with Gasteiger partial charge < -0.3 is 30.0 Å². The Bertz CT molecular complexity index is 2770. The Morgan fingerprint density at radius 2 is 1.55 bits per heavy atom. The molecule has 0 bridgehead atoms. The van der Waals surface area contributed by atoms with Crippen LogP contribution in [-0.4, -0.2) is 99.2 Å². The molecule has 1 saturated heterocycles. The highest BCUT2D eigenvalue weighted by Crippen LogP contribution is 2.39. The number of hydrogen-bond acceptors (Lipinski definition) is 12. The summed E-state index contributed by atoms with van der Waals surface area (Å²) in [6.07, 6.45) is 0.784. The highest BCUT2D eigenvalue weighted by molar-refractivity contribution is 7.99. The molecule has 1 heterocycles. The van der Waals surface area contributed by atoms with Crippen LogP contribution in [0.15, 0.2) is 136 Å². The number of aliphatic hydroxyl groups is 1. The molecule has 23 heteroatoms. The van der Waals surface area contributed by atoms with E-state index < -0.39 is 66.7 Å². The fourth-order valence-electron chi connectivity index (χ4n) is 7.76. The number of nitrogens with zero attached hydrogens (tertiary/aromatic N) is 2. The molecule has 2 atom stereocenters. The van der Waals surface area contributed by atoms with Gasteiger partial charge in [0.1, 0.15) is 4.90 Å². The van der Waals surface area contributed by atoms with Crippen molar-refractivity contribution in [1.82, 2.24) is 9.62 Å². The number of likely N-dealkylation sites (N-methyl/N-ethyl adjacent to an activating group) is 1. The second kappa shape index (κ2) is 24.3. The van der Waals surface area contributed by atoms with Crippen molar-refractivity contribution in [1.29, 1.82) is 0 Å². The van der Waals surface area contributed by atoms with Gasteiger partial charge in [-0.15, -0.1) is 24.2 Å². The van der Waals surface area contributed by atoms with Crippen LogP contribution in [0.4, 0.5) is 24.5 Å². The maximum atomic E-state index is 14.2. The molecule has 0 unspecified atom stereocenters. The minimum absolute atomic E-state index is 0. The van der Waals surface area contributed by atoms with E-state index >= 15 is 0 Å². The van der Waals surface area contributed by atoms with Gasteiger partial charge in [-0.2, -0.15) is 13.2 Å². The molecule has 1 amide bonds. The van der Waals surface area contributed by atoms with Crippen LogP contribution in [0.25, 0.3) is 11.1 Å². The molecule has 0 radical (unpaired) electrons. The summed E-state index contributed by atoms with van der Waals surface area (Å²) in [5.74, 6) is -0.936. The second-order valence-electron chi connectivity index (χ2n) is 16.0. The summed E-state index contributed by atoms with van der Waals surface area (Å²) >= 11 is 7.42. The minimum atomic E-state index is -6.17. The number of rotatable bonds is 21. The van der Waals surface area contributed by atoms with Crippen LogP contribution >= 0.6 is 43.6 Å². The molecule has 5 aromatic carbocycles. The number of nitrogens with one attached hydrogen (secondary N) is 2. The van der Waals surface area contributed by atoms with E-state index in [9.17, 15) is 44.5 Å². The van der Waals surface area contributed by atoms with Gasteiger partial charge in [0, 0.05) is 59.1 Å². The molecule has 1 aliphatic heterocycles. The molecule has 5 N–H and O–H groups in total. The molecule has 0 saturated carbocycles. The number of amides is 1. The van der Waals surface area contributed by atoms with E-state index in [2.05, 4.69) is 14.7 Å². The Morgan fingerprint density at radius 1 is 0.913 bits per heavy atom. The van der Waals surface area contributed by atoms with E-state index in [1.54, 1.807) is 54.3 Å². The third-order valence-electron chi connectivity index (χ3n) is 11.5. The first-order valence-electron chi connectivity index (χ1n) is 21.4. The van der Waals surface area contributed by atoms with Crippen LogP contribution in [0.1, 0.15) is 48.2 Å². The maximum absolute atomic E-state index is 14.2. The first-order valence-corrected chi connectivity index (χ1v) is 27.3. The number of phosphoric acid groups is 1. The zero-order valence-corrected chi connectivity index (χ0v) is 42.0.